The Morgan fingerprint density at radius 1 is 1.29 bits per heavy atom. The number of H-pyrrole nitrogens is 1. The minimum absolute atomic E-state index is 0.112. The molecule has 5 heteroatoms. The highest BCUT2D eigenvalue weighted by Gasteiger charge is 2.13. The van der Waals surface area contributed by atoms with Crippen LogP contribution in [0.2, 0.25) is 0 Å². The molecule has 0 fully saturated rings. The number of aromatic amines is 1. The fourth-order valence-electron chi connectivity index (χ4n) is 1.98. The minimum atomic E-state index is -0.112. The van der Waals surface area contributed by atoms with E-state index in [9.17, 15) is 4.79 Å². The number of benzene rings is 1. The summed E-state index contributed by atoms with van der Waals surface area (Å²) in [6.45, 7) is 1.85. The van der Waals surface area contributed by atoms with Gasteiger partial charge in [-0.1, -0.05) is 30.3 Å². The second kappa shape index (κ2) is 5.85. The van der Waals surface area contributed by atoms with Gasteiger partial charge in [-0.25, -0.2) is 4.98 Å². The van der Waals surface area contributed by atoms with E-state index in [1.54, 1.807) is 17.8 Å². The number of carbonyl (C=O) groups is 1. The number of nitrogens with one attached hydrogen (secondary N) is 1. The number of rotatable bonds is 4. The normalized spacial score (nSPS) is 11.1. The number of thiazole rings is 1. The zero-order chi connectivity index (χ0) is 14.7. The molecule has 2 heterocycles. The van der Waals surface area contributed by atoms with Gasteiger partial charge in [0.15, 0.2) is 0 Å². The Kier molecular flexibility index (Phi) is 3.75. The van der Waals surface area contributed by atoms with Crippen LogP contribution >= 0.6 is 11.3 Å². The lowest BCUT2D eigenvalue weighted by Gasteiger charge is -1.93. The predicted molar refractivity (Wildman–Crippen MR) is 84.2 cm³/mol. The summed E-state index contributed by atoms with van der Waals surface area (Å²) >= 11 is 1.49. The smallest absolute Gasteiger partial charge is 0.206 e. The molecule has 4 nitrogen and oxygen atoms in total. The summed E-state index contributed by atoms with van der Waals surface area (Å²) in [4.78, 5) is 24.7. The molecule has 0 spiro atoms. The molecule has 1 aromatic carbocycles. The van der Waals surface area contributed by atoms with Crippen LogP contribution in [-0.4, -0.2) is 20.7 Å². The standard InChI is InChI=1S/C16H13N3OS/c1-11-15(14(20)8-7-13-9-17-10-21-13)19-16(18-11)12-5-3-2-4-6-12/h2-10H,1H3,(H,18,19)/b8-7+. The van der Waals surface area contributed by atoms with Crippen molar-refractivity contribution in [2.45, 2.75) is 6.92 Å². The summed E-state index contributed by atoms with van der Waals surface area (Å²) < 4.78 is 0. The van der Waals surface area contributed by atoms with Crippen molar-refractivity contribution in [3.63, 3.8) is 0 Å². The van der Waals surface area contributed by atoms with Crippen LogP contribution in [0.25, 0.3) is 17.5 Å². The second-order valence-corrected chi connectivity index (χ2v) is 5.44. The molecule has 0 aliphatic carbocycles. The molecule has 0 aliphatic heterocycles. The van der Waals surface area contributed by atoms with Crippen LogP contribution in [0.4, 0.5) is 0 Å². The Morgan fingerprint density at radius 3 is 2.81 bits per heavy atom. The number of nitrogens with zero attached hydrogens (tertiary/aromatic N) is 2. The van der Waals surface area contributed by atoms with Crippen molar-refractivity contribution < 1.29 is 4.79 Å². The number of hydrogen-bond acceptors (Lipinski definition) is 4. The first-order chi connectivity index (χ1) is 10.2. The Balaban J connectivity index is 1.86. The summed E-state index contributed by atoms with van der Waals surface area (Å²) in [5, 5.41) is 0. The molecule has 104 valence electrons. The largest absolute Gasteiger partial charge is 0.341 e. The molecule has 0 atom stereocenters. The van der Waals surface area contributed by atoms with Gasteiger partial charge in [0.2, 0.25) is 5.78 Å². The van der Waals surface area contributed by atoms with E-state index in [4.69, 9.17) is 0 Å². The number of allylic oxidation sites excluding steroid dienone is 1. The summed E-state index contributed by atoms with van der Waals surface area (Å²) in [5.41, 5.74) is 3.92. The Hall–Kier alpha value is -2.53. The monoisotopic (exact) mass is 295 g/mol. The summed E-state index contributed by atoms with van der Waals surface area (Å²) in [7, 11) is 0. The third kappa shape index (κ3) is 2.98. The van der Waals surface area contributed by atoms with Gasteiger partial charge in [-0.15, -0.1) is 11.3 Å². The Bertz CT molecular complexity index is 773. The zero-order valence-corrected chi connectivity index (χ0v) is 12.2. The summed E-state index contributed by atoms with van der Waals surface area (Å²) in [5.74, 6) is 0.599. The molecule has 0 bridgehead atoms. The van der Waals surface area contributed by atoms with Crippen LogP contribution in [0.15, 0.2) is 48.1 Å². The van der Waals surface area contributed by atoms with Gasteiger partial charge in [-0.2, -0.15) is 0 Å². The highest BCUT2D eigenvalue weighted by molar-refractivity contribution is 7.10. The van der Waals surface area contributed by atoms with E-state index in [2.05, 4.69) is 15.0 Å². The molecule has 0 amide bonds. The fourth-order valence-corrected chi connectivity index (χ4v) is 2.49. The molecule has 21 heavy (non-hydrogen) atoms. The van der Waals surface area contributed by atoms with E-state index in [-0.39, 0.29) is 5.78 Å². The van der Waals surface area contributed by atoms with Crippen molar-refractivity contribution >= 4 is 23.2 Å². The fraction of sp³-hybridized carbons (Fsp3) is 0.0625. The average molecular weight is 295 g/mol. The van der Waals surface area contributed by atoms with Crippen LogP contribution in [-0.2, 0) is 0 Å². The van der Waals surface area contributed by atoms with Crippen LogP contribution in [0.1, 0.15) is 21.1 Å². The third-order valence-electron chi connectivity index (χ3n) is 3.02. The van der Waals surface area contributed by atoms with Gasteiger partial charge >= 0.3 is 0 Å². The first-order valence-corrected chi connectivity index (χ1v) is 7.35. The second-order valence-electron chi connectivity index (χ2n) is 4.53. The van der Waals surface area contributed by atoms with Crippen molar-refractivity contribution in [2.75, 3.05) is 0 Å². The molecule has 0 saturated carbocycles. The molecule has 0 saturated heterocycles. The van der Waals surface area contributed by atoms with Gasteiger partial charge in [0.1, 0.15) is 11.5 Å². The first kappa shape index (κ1) is 13.5. The molecule has 0 aliphatic rings. The quantitative estimate of drug-likeness (QED) is 0.589. The lowest BCUT2D eigenvalue weighted by molar-refractivity contribution is 0.104. The van der Waals surface area contributed by atoms with Crippen molar-refractivity contribution in [3.05, 3.63) is 64.4 Å². The molecule has 1 N–H and O–H groups in total. The highest BCUT2D eigenvalue weighted by atomic mass is 32.1. The van der Waals surface area contributed by atoms with Gasteiger partial charge in [-0.3, -0.25) is 9.78 Å². The predicted octanol–water partition coefficient (Wildman–Crippen LogP) is 3.74. The van der Waals surface area contributed by atoms with E-state index in [1.807, 2.05) is 37.3 Å². The number of aromatic nitrogens is 3. The summed E-state index contributed by atoms with van der Waals surface area (Å²) in [6, 6.07) is 9.75. The molecule has 3 aromatic rings. The molecule has 0 unspecified atom stereocenters. The van der Waals surface area contributed by atoms with E-state index >= 15 is 0 Å². The number of hydrogen-bond donors (Lipinski definition) is 1. The maximum atomic E-state index is 12.2. The Labute approximate surface area is 126 Å². The summed E-state index contributed by atoms with van der Waals surface area (Å²) in [6.07, 6.45) is 5.02. The van der Waals surface area contributed by atoms with E-state index < -0.39 is 0 Å². The number of carbonyl (C=O) groups excluding carboxylic acids is 1. The lowest BCUT2D eigenvalue weighted by atomic mass is 10.2. The van der Waals surface area contributed by atoms with E-state index in [0.717, 1.165) is 16.1 Å². The molecule has 3 rings (SSSR count). The minimum Gasteiger partial charge on any atom is -0.341 e. The van der Waals surface area contributed by atoms with Gasteiger partial charge < -0.3 is 4.98 Å². The van der Waals surface area contributed by atoms with Crippen molar-refractivity contribution in [3.8, 4) is 11.4 Å². The van der Waals surface area contributed by atoms with Crippen molar-refractivity contribution in [2.24, 2.45) is 0 Å². The van der Waals surface area contributed by atoms with Crippen LogP contribution in [0.5, 0.6) is 0 Å². The van der Waals surface area contributed by atoms with Gasteiger partial charge in [0, 0.05) is 22.3 Å². The first-order valence-electron chi connectivity index (χ1n) is 6.47. The SMILES string of the molecule is Cc1[nH]c(-c2ccccc2)nc1C(=O)/C=C/c1cncs1. The average Bonchev–Trinajstić information content (AvgIpc) is 3.15. The number of aryl methyl sites for hydroxylation is 1. The highest BCUT2D eigenvalue weighted by Crippen LogP contribution is 2.18. The Morgan fingerprint density at radius 2 is 2.10 bits per heavy atom. The van der Waals surface area contributed by atoms with Gasteiger partial charge in [0.25, 0.3) is 0 Å². The maximum absolute atomic E-state index is 12.2. The lowest BCUT2D eigenvalue weighted by Crippen LogP contribution is -1.97. The molecule has 2 aromatic heterocycles. The third-order valence-corrected chi connectivity index (χ3v) is 3.76. The van der Waals surface area contributed by atoms with Crippen LogP contribution in [0, 0.1) is 6.92 Å². The van der Waals surface area contributed by atoms with Gasteiger partial charge in [0.05, 0.1) is 5.51 Å². The zero-order valence-electron chi connectivity index (χ0n) is 11.4. The van der Waals surface area contributed by atoms with Crippen LogP contribution in [0.3, 0.4) is 0 Å². The maximum Gasteiger partial charge on any atom is 0.206 e. The number of ketones is 1. The van der Waals surface area contributed by atoms with Crippen molar-refractivity contribution in [1.29, 1.82) is 0 Å². The van der Waals surface area contributed by atoms with Crippen LogP contribution < -0.4 is 0 Å². The molecule has 0 radical (unpaired) electrons. The van der Waals surface area contributed by atoms with E-state index in [0.29, 0.717) is 11.5 Å². The topological polar surface area (TPSA) is 58.6 Å². The molecular weight excluding hydrogens is 282 g/mol. The molecular formula is C16H13N3OS. The van der Waals surface area contributed by atoms with Gasteiger partial charge in [-0.05, 0) is 19.1 Å². The van der Waals surface area contributed by atoms with Crippen molar-refractivity contribution in [1.82, 2.24) is 15.0 Å². The number of imidazole rings is 1. The van der Waals surface area contributed by atoms with E-state index in [1.165, 1.54) is 17.4 Å².